The van der Waals surface area contributed by atoms with Gasteiger partial charge in [0.05, 0.1) is 17.9 Å². The van der Waals surface area contributed by atoms with Crippen molar-refractivity contribution in [2.24, 2.45) is 0 Å². The van der Waals surface area contributed by atoms with Crippen molar-refractivity contribution in [3.63, 3.8) is 0 Å². The summed E-state index contributed by atoms with van der Waals surface area (Å²) < 4.78 is 6.45. The Labute approximate surface area is 142 Å². The molecule has 0 amide bonds. The third-order valence-corrected chi connectivity index (χ3v) is 4.24. The van der Waals surface area contributed by atoms with Gasteiger partial charge in [-0.25, -0.2) is 0 Å². The van der Waals surface area contributed by atoms with Crippen molar-refractivity contribution >= 4 is 40.9 Å². The van der Waals surface area contributed by atoms with Gasteiger partial charge in [0.25, 0.3) is 0 Å². The van der Waals surface area contributed by atoms with Gasteiger partial charge in [0.2, 0.25) is 0 Å². The standard InChI is InChI=1S/C14H13Cl2N3O2S/c1-3-6-19-13(10-5-4-9(15)7-11(10)16)17-18-14(19)22-8-12(20)21-2/h3-5,7H,1,6,8H2,2H3. The predicted molar refractivity (Wildman–Crippen MR) is 88.4 cm³/mol. The van der Waals surface area contributed by atoms with Gasteiger partial charge in [-0.2, -0.15) is 0 Å². The first-order chi connectivity index (χ1) is 10.6. The van der Waals surface area contributed by atoms with Crippen LogP contribution in [0.1, 0.15) is 0 Å². The van der Waals surface area contributed by atoms with Gasteiger partial charge in [-0.15, -0.1) is 16.8 Å². The lowest BCUT2D eigenvalue weighted by Gasteiger charge is -2.08. The van der Waals surface area contributed by atoms with Gasteiger partial charge in [0.15, 0.2) is 11.0 Å². The number of rotatable bonds is 6. The molecule has 0 bridgehead atoms. The number of carbonyl (C=O) groups is 1. The zero-order valence-corrected chi connectivity index (χ0v) is 14.1. The topological polar surface area (TPSA) is 57.0 Å². The van der Waals surface area contributed by atoms with Gasteiger partial charge >= 0.3 is 5.97 Å². The van der Waals surface area contributed by atoms with Crippen LogP contribution < -0.4 is 0 Å². The number of carbonyl (C=O) groups excluding carboxylic acids is 1. The number of allylic oxidation sites excluding steroid dienone is 1. The molecule has 8 heteroatoms. The van der Waals surface area contributed by atoms with Crippen LogP contribution in [0.5, 0.6) is 0 Å². The molecule has 0 aliphatic carbocycles. The molecule has 22 heavy (non-hydrogen) atoms. The first-order valence-corrected chi connectivity index (χ1v) is 8.00. The van der Waals surface area contributed by atoms with Gasteiger partial charge in [0, 0.05) is 17.1 Å². The van der Waals surface area contributed by atoms with Gasteiger partial charge in [-0.1, -0.05) is 41.0 Å². The molecule has 0 aliphatic heterocycles. The number of methoxy groups -OCH3 is 1. The molecule has 0 spiro atoms. The van der Waals surface area contributed by atoms with Crippen LogP contribution in [0.4, 0.5) is 0 Å². The molecular weight excluding hydrogens is 345 g/mol. The minimum Gasteiger partial charge on any atom is -0.468 e. The van der Waals surface area contributed by atoms with Gasteiger partial charge in [-0.05, 0) is 18.2 Å². The first-order valence-electron chi connectivity index (χ1n) is 6.26. The Morgan fingerprint density at radius 2 is 2.23 bits per heavy atom. The van der Waals surface area contributed by atoms with Crippen molar-refractivity contribution in [1.29, 1.82) is 0 Å². The van der Waals surface area contributed by atoms with Crippen molar-refractivity contribution in [3.05, 3.63) is 40.9 Å². The van der Waals surface area contributed by atoms with Crippen LogP contribution in [0.15, 0.2) is 36.0 Å². The van der Waals surface area contributed by atoms with E-state index in [0.717, 1.165) is 0 Å². The van der Waals surface area contributed by atoms with E-state index in [0.29, 0.717) is 33.1 Å². The van der Waals surface area contributed by atoms with E-state index < -0.39 is 0 Å². The van der Waals surface area contributed by atoms with E-state index in [1.54, 1.807) is 24.3 Å². The minimum atomic E-state index is -0.329. The summed E-state index contributed by atoms with van der Waals surface area (Å²) in [5.41, 5.74) is 0.713. The molecule has 116 valence electrons. The van der Waals surface area contributed by atoms with Crippen LogP contribution in [0.3, 0.4) is 0 Å². The van der Waals surface area contributed by atoms with Gasteiger partial charge < -0.3 is 4.74 Å². The van der Waals surface area contributed by atoms with Crippen molar-refractivity contribution in [2.45, 2.75) is 11.7 Å². The second-order valence-corrected chi connectivity index (χ2v) is 5.98. The fourth-order valence-corrected chi connectivity index (χ4v) is 3.01. The maximum absolute atomic E-state index is 11.3. The molecule has 0 radical (unpaired) electrons. The SMILES string of the molecule is C=CCn1c(SCC(=O)OC)nnc1-c1ccc(Cl)cc1Cl. The molecule has 1 heterocycles. The number of aromatic nitrogens is 3. The first kappa shape index (κ1) is 16.9. The lowest BCUT2D eigenvalue weighted by molar-refractivity contribution is -0.137. The van der Waals surface area contributed by atoms with Crippen molar-refractivity contribution < 1.29 is 9.53 Å². The highest BCUT2D eigenvalue weighted by atomic mass is 35.5. The molecule has 0 saturated heterocycles. The van der Waals surface area contributed by atoms with E-state index in [1.807, 2.05) is 4.57 Å². The molecule has 1 aromatic heterocycles. The average molecular weight is 358 g/mol. The van der Waals surface area contributed by atoms with Crippen LogP contribution in [-0.4, -0.2) is 33.6 Å². The summed E-state index contributed by atoms with van der Waals surface area (Å²) in [7, 11) is 1.34. The van der Waals surface area contributed by atoms with Crippen LogP contribution in [0, 0.1) is 0 Å². The fourth-order valence-electron chi connectivity index (χ4n) is 1.74. The van der Waals surface area contributed by atoms with Crippen LogP contribution >= 0.6 is 35.0 Å². The number of halogens is 2. The predicted octanol–water partition coefficient (Wildman–Crippen LogP) is 3.70. The highest BCUT2D eigenvalue weighted by Gasteiger charge is 2.17. The maximum Gasteiger partial charge on any atom is 0.316 e. The number of nitrogens with zero attached hydrogens (tertiary/aromatic N) is 3. The molecule has 0 unspecified atom stereocenters. The summed E-state index contributed by atoms with van der Waals surface area (Å²) in [5.74, 6) is 0.415. The van der Waals surface area contributed by atoms with Gasteiger partial charge in [0.1, 0.15) is 0 Å². The Morgan fingerprint density at radius 1 is 1.45 bits per heavy atom. The smallest absolute Gasteiger partial charge is 0.316 e. The van der Waals surface area contributed by atoms with E-state index >= 15 is 0 Å². The highest BCUT2D eigenvalue weighted by Crippen LogP contribution is 2.31. The summed E-state index contributed by atoms with van der Waals surface area (Å²) >= 11 is 13.4. The molecule has 5 nitrogen and oxygen atoms in total. The van der Waals surface area contributed by atoms with Crippen molar-refractivity contribution in [3.8, 4) is 11.4 Å². The Balaban J connectivity index is 2.37. The molecule has 0 fully saturated rings. The summed E-state index contributed by atoms with van der Waals surface area (Å²) in [6.07, 6.45) is 1.72. The fraction of sp³-hybridized carbons (Fsp3) is 0.214. The summed E-state index contributed by atoms with van der Waals surface area (Å²) in [4.78, 5) is 11.3. The van der Waals surface area contributed by atoms with Crippen LogP contribution in [-0.2, 0) is 16.1 Å². The molecule has 0 atom stereocenters. The second kappa shape index (κ2) is 7.67. The van der Waals surface area contributed by atoms with Crippen LogP contribution in [0.2, 0.25) is 10.0 Å². The molecule has 2 aromatic rings. The Kier molecular flexibility index (Phi) is 5.88. The quantitative estimate of drug-likeness (QED) is 0.448. The Hall–Kier alpha value is -1.50. The number of hydrogen-bond acceptors (Lipinski definition) is 5. The molecular formula is C14H13Cl2N3O2S. The summed E-state index contributed by atoms with van der Waals surface area (Å²) in [6.45, 7) is 4.22. The number of benzene rings is 1. The average Bonchev–Trinajstić information content (AvgIpc) is 2.88. The molecule has 0 saturated carbocycles. The lowest BCUT2D eigenvalue weighted by Crippen LogP contribution is -2.06. The maximum atomic E-state index is 11.3. The third kappa shape index (κ3) is 3.82. The van der Waals surface area contributed by atoms with Crippen molar-refractivity contribution in [2.75, 3.05) is 12.9 Å². The van der Waals surface area contributed by atoms with E-state index in [1.165, 1.54) is 18.9 Å². The second-order valence-electron chi connectivity index (χ2n) is 4.19. The van der Waals surface area contributed by atoms with Gasteiger partial charge in [-0.3, -0.25) is 9.36 Å². The number of hydrogen-bond donors (Lipinski definition) is 0. The number of ether oxygens (including phenoxy) is 1. The molecule has 1 aromatic carbocycles. The van der Waals surface area contributed by atoms with E-state index in [2.05, 4.69) is 21.5 Å². The molecule has 2 rings (SSSR count). The molecule has 0 N–H and O–H groups in total. The zero-order valence-electron chi connectivity index (χ0n) is 11.8. The number of esters is 1. The summed E-state index contributed by atoms with van der Waals surface area (Å²) in [5, 5.41) is 9.89. The monoisotopic (exact) mass is 357 g/mol. The van der Waals surface area contributed by atoms with Crippen molar-refractivity contribution in [1.82, 2.24) is 14.8 Å². The molecule has 0 aliphatic rings. The Morgan fingerprint density at radius 3 is 2.86 bits per heavy atom. The largest absolute Gasteiger partial charge is 0.468 e. The minimum absolute atomic E-state index is 0.153. The lowest BCUT2D eigenvalue weighted by atomic mass is 10.2. The number of thioether (sulfide) groups is 1. The third-order valence-electron chi connectivity index (χ3n) is 2.75. The summed E-state index contributed by atoms with van der Waals surface area (Å²) in [6, 6.07) is 5.16. The Bertz CT molecular complexity index is 703. The van der Waals surface area contributed by atoms with E-state index in [-0.39, 0.29) is 11.7 Å². The normalized spacial score (nSPS) is 10.5. The zero-order chi connectivity index (χ0) is 16.1. The highest BCUT2D eigenvalue weighted by molar-refractivity contribution is 7.99. The van der Waals surface area contributed by atoms with E-state index in [4.69, 9.17) is 23.2 Å². The van der Waals surface area contributed by atoms with E-state index in [9.17, 15) is 4.79 Å². The van der Waals surface area contributed by atoms with Crippen LogP contribution in [0.25, 0.3) is 11.4 Å².